The fourth-order valence-electron chi connectivity index (χ4n) is 1.99. The highest BCUT2D eigenvalue weighted by Crippen LogP contribution is 2.18. The van der Waals surface area contributed by atoms with E-state index in [1.54, 1.807) is 19.1 Å². The molecule has 0 spiro atoms. The summed E-state index contributed by atoms with van der Waals surface area (Å²) in [5.41, 5.74) is 0.842. The van der Waals surface area contributed by atoms with E-state index in [9.17, 15) is 8.78 Å². The summed E-state index contributed by atoms with van der Waals surface area (Å²) < 4.78 is 27.0. The zero-order valence-corrected chi connectivity index (χ0v) is 10.8. The third-order valence-electron chi connectivity index (χ3n) is 3.16. The van der Waals surface area contributed by atoms with E-state index in [4.69, 9.17) is 0 Å². The fraction of sp³-hybridized carbons (Fsp3) is 0.571. The standard InChI is InChI=1S/C14H21F2N/c1-4-5-12(17-3)9-8-11-7-6-10(2)13(15)14(11)16/h6-7,12,17H,4-5,8-9H2,1-3H3. The van der Waals surface area contributed by atoms with Crippen molar-refractivity contribution >= 4 is 0 Å². The van der Waals surface area contributed by atoms with Crippen LogP contribution in [0.5, 0.6) is 0 Å². The lowest BCUT2D eigenvalue weighted by Gasteiger charge is -2.15. The molecule has 3 heteroatoms. The Morgan fingerprint density at radius 2 is 1.88 bits per heavy atom. The lowest BCUT2D eigenvalue weighted by atomic mass is 10.0. The molecule has 1 nitrogen and oxygen atoms in total. The zero-order chi connectivity index (χ0) is 12.8. The number of halogens is 2. The van der Waals surface area contributed by atoms with E-state index in [-0.39, 0.29) is 0 Å². The van der Waals surface area contributed by atoms with Crippen LogP contribution in [-0.2, 0) is 6.42 Å². The molecule has 0 saturated carbocycles. The van der Waals surface area contributed by atoms with Gasteiger partial charge in [0.1, 0.15) is 0 Å². The van der Waals surface area contributed by atoms with Crippen LogP contribution in [0.25, 0.3) is 0 Å². The SMILES string of the molecule is CCCC(CCc1ccc(C)c(F)c1F)NC. The molecule has 0 aliphatic heterocycles. The van der Waals surface area contributed by atoms with Crippen molar-refractivity contribution < 1.29 is 8.78 Å². The van der Waals surface area contributed by atoms with E-state index in [2.05, 4.69) is 12.2 Å². The topological polar surface area (TPSA) is 12.0 Å². The molecule has 0 aromatic heterocycles. The van der Waals surface area contributed by atoms with Crippen molar-refractivity contribution in [2.45, 2.75) is 45.6 Å². The van der Waals surface area contributed by atoms with Gasteiger partial charge in [-0.25, -0.2) is 8.78 Å². The van der Waals surface area contributed by atoms with Gasteiger partial charge in [0.05, 0.1) is 0 Å². The number of rotatable bonds is 6. The summed E-state index contributed by atoms with van der Waals surface area (Å²) in [6.07, 6.45) is 3.57. The predicted octanol–water partition coefficient (Wildman–Crippen LogP) is 3.59. The largest absolute Gasteiger partial charge is 0.317 e. The van der Waals surface area contributed by atoms with Crippen molar-refractivity contribution in [3.05, 3.63) is 34.9 Å². The Morgan fingerprint density at radius 3 is 2.47 bits per heavy atom. The van der Waals surface area contributed by atoms with Crippen LogP contribution in [-0.4, -0.2) is 13.1 Å². The average Bonchev–Trinajstić information content (AvgIpc) is 2.33. The van der Waals surface area contributed by atoms with Gasteiger partial charge in [-0.2, -0.15) is 0 Å². The van der Waals surface area contributed by atoms with Crippen LogP contribution < -0.4 is 5.32 Å². The monoisotopic (exact) mass is 241 g/mol. The van der Waals surface area contributed by atoms with Crippen molar-refractivity contribution in [3.8, 4) is 0 Å². The van der Waals surface area contributed by atoms with Crippen LogP contribution in [0.4, 0.5) is 8.78 Å². The van der Waals surface area contributed by atoms with Crippen LogP contribution in [0.2, 0.25) is 0 Å². The van der Waals surface area contributed by atoms with E-state index in [1.165, 1.54) is 0 Å². The number of benzene rings is 1. The van der Waals surface area contributed by atoms with Crippen LogP contribution >= 0.6 is 0 Å². The molecule has 1 aromatic carbocycles. The Bertz CT molecular complexity index is 363. The predicted molar refractivity (Wildman–Crippen MR) is 67.2 cm³/mol. The van der Waals surface area contributed by atoms with Crippen LogP contribution in [0, 0.1) is 18.6 Å². The molecule has 0 aliphatic rings. The summed E-state index contributed by atoms with van der Waals surface area (Å²) in [6.45, 7) is 3.70. The maximum atomic E-state index is 13.6. The van der Waals surface area contributed by atoms with E-state index >= 15 is 0 Å². The fourth-order valence-corrected chi connectivity index (χ4v) is 1.99. The van der Waals surface area contributed by atoms with Crippen molar-refractivity contribution in [2.75, 3.05) is 7.05 Å². The van der Waals surface area contributed by atoms with E-state index in [0.29, 0.717) is 23.6 Å². The van der Waals surface area contributed by atoms with Gasteiger partial charge < -0.3 is 5.32 Å². The minimum absolute atomic E-state index is 0.366. The normalized spacial score (nSPS) is 12.8. The lowest BCUT2D eigenvalue weighted by molar-refractivity contribution is 0.464. The first-order valence-electron chi connectivity index (χ1n) is 6.20. The lowest BCUT2D eigenvalue weighted by Crippen LogP contribution is -2.25. The molecule has 0 saturated heterocycles. The van der Waals surface area contributed by atoms with Gasteiger partial charge in [-0.05, 0) is 44.4 Å². The smallest absolute Gasteiger partial charge is 0.162 e. The van der Waals surface area contributed by atoms with Crippen molar-refractivity contribution in [3.63, 3.8) is 0 Å². The second-order valence-corrected chi connectivity index (χ2v) is 4.48. The number of aryl methyl sites for hydroxylation is 2. The van der Waals surface area contributed by atoms with Gasteiger partial charge in [0.25, 0.3) is 0 Å². The number of hydrogen-bond donors (Lipinski definition) is 1. The van der Waals surface area contributed by atoms with Gasteiger partial charge in [0.15, 0.2) is 11.6 Å². The Labute approximate surface area is 102 Å². The molecule has 0 bridgehead atoms. The molecule has 0 fully saturated rings. The maximum absolute atomic E-state index is 13.6. The van der Waals surface area contributed by atoms with Gasteiger partial charge in [0.2, 0.25) is 0 Å². The van der Waals surface area contributed by atoms with Crippen molar-refractivity contribution in [1.82, 2.24) is 5.32 Å². The summed E-state index contributed by atoms with van der Waals surface area (Å²) in [5, 5.41) is 3.20. The Kier molecular flexibility index (Phi) is 5.56. The molecule has 96 valence electrons. The summed E-state index contributed by atoms with van der Waals surface area (Å²) in [5.74, 6) is -1.39. The summed E-state index contributed by atoms with van der Waals surface area (Å²) >= 11 is 0. The van der Waals surface area contributed by atoms with Crippen LogP contribution in [0.15, 0.2) is 12.1 Å². The first kappa shape index (κ1) is 14.1. The molecule has 1 unspecified atom stereocenters. The molecule has 0 aliphatic carbocycles. The minimum Gasteiger partial charge on any atom is -0.317 e. The van der Waals surface area contributed by atoms with E-state index < -0.39 is 11.6 Å². The molecule has 1 N–H and O–H groups in total. The van der Waals surface area contributed by atoms with Gasteiger partial charge in [-0.1, -0.05) is 25.5 Å². The first-order chi connectivity index (χ1) is 8.10. The molecule has 1 atom stereocenters. The molecule has 0 radical (unpaired) electrons. The van der Waals surface area contributed by atoms with Crippen LogP contribution in [0.3, 0.4) is 0 Å². The second kappa shape index (κ2) is 6.70. The average molecular weight is 241 g/mol. The second-order valence-electron chi connectivity index (χ2n) is 4.48. The molecule has 1 rings (SSSR count). The highest BCUT2D eigenvalue weighted by Gasteiger charge is 2.12. The Hall–Kier alpha value is -0.960. The number of nitrogens with one attached hydrogen (secondary N) is 1. The molecular formula is C14H21F2N. The van der Waals surface area contributed by atoms with E-state index in [0.717, 1.165) is 19.3 Å². The van der Waals surface area contributed by atoms with Gasteiger partial charge >= 0.3 is 0 Å². The molecular weight excluding hydrogens is 220 g/mol. The Balaban J connectivity index is 2.66. The zero-order valence-electron chi connectivity index (χ0n) is 10.8. The van der Waals surface area contributed by atoms with Gasteiger partial charge in [-0.15, -0.1) is 0 Å². The van der Waals surface area contributed by atoms with Crippen molar-refractivity contribution in [1.29, 1.82) is 0 Å². The van der Waals surface area contributed by atoms with Crippen molar-refractivity contribution in [2.24, 2.45) is 0 Å². The first-order valence-corrected chi connectivity index (χ1v) is 6.20. The molecule has 0 heterocycles. The third-order valence-corrected chi connectivity index (χ3v) is 3.16. The molecule has 1 aromatic rings. The third kappa shape index (κ3) is 3.77. The molecule has 0 amide bonds. The highest BCUT2D eigenvalue weighted by atomic mass is 19.2. The Morgan fingerprint density at radius 1 is 1.18 bits per heavy atom. The van der Waals surface area contributed by atoms with Crippen LogP contribution in [0.1, 0.15) is 37.3 Å². The summed E-state index contributed by atoms with van der Waals surface area (Å²) in [6, 6.07) is 3.71. The van der Waals surface area contributed by atoms with E-state index in [1.807, 2.05) is 7.05 Å². The molecule has 17 heavy (non-hydrogen) atoms. The summed E-state index contributed by atoms with van der Waals surface area (Å²) in [4.78, 5) is 0. The highest BCUT2D eigenvalue weighted by molar-refractivity contribution is 5.25. The maximum Gasteiger partial charge on any atom is 0.162 e. The quantitative estimate of drug-likeness (QED) is 0.802. The number of hydrogen-bond acceptors (Lipinski definition) is 1. The minimum atomic E-state index is -0.709. The van der Waals surface area contributed by atoms with Gasteiger partial charge in [-0.3, -0.25) is 0 Å². The van der Waals surface area contributed by atoms with Gasteiger partial charge in [0, 0.05) is 6.04 Å². The summed E-state index contributed by atoms with van der Waals surface area (Å²) in [7, 11) is 1.91.